The second-order valence-electron chi connectivity index (χ2n) is 11.6. The van der Waals surface area contributed by atoms with Crippen LogP contribution in [0.4, 0.5) is 0 Å². The van der Waals surface area contributed by atoms with E-state index in [1.165, 1.54) is 5.56 Å². The highest BCUT2D eigenvalue weighted by Gasteiger charge is 2.19. The predicted octanol–water partition coefficient (Wildman–Crippen LogP) is -0.764. The van der Waals surface area contributed by atoms with Gasteiger partial charge in [0.15, 0.2) is 0 Å². The van der Waals surface area contributed by atoms with Crippen molar-refractivity contribution in [3.05, 3.63) is 35.4 Å². The quantitative estimate of drug-likeness (QED) is 0.106. The van der Waals surface area contributed by atoms with Gasteiger partial charge >= 0.3 is 17.9 Å². The molecule has 7 N–H and O–H groups in total. The summed E-state index contributed by atoms with van der Waals surface area (Å²) in [4.78, 5) is 66.8. The molecule has 0 atom stereocenters. The van der Waals surface area contributed by atoms with E-state index in [0.29, 0.717) is 59.0 Å². The molecule has 1 amide bonds. The fourth-order valence-electron chi connectivity index (χ4n) is 4.11. The van der Waals surface area contributed by atoms with Crippen LogP contribution in [0.3, 0.4) is 0 Å². The smallest absolute Gasteiger partial charge is 0.317 e. The largest absolute Gasteiger partial charge is 0.480 e. The van der Waals surface area contributed by atoms with Crippen LogP contribution in [0.1, 0.15) is 31.9 Å². The van der Waals surface area contributed by atoms with Gasteiger partial charge in [-0.05, 0) is 24.1 Å². The number of carboxylic acids is 3. The highest BCUT2D eigenvalue weighted by Crippen LogP contribution is 2.05. The molecule has 16 nitrogen and oxygen atoms in total. The first kappa shape index (κ1) is 43.5. The third-order valence-corrected chi connectivity index (χ3v) is 6.35. The van der Waals surface area contributed by atoms with Gasteiger partial charge in [-0.2, -0.15) is 0 Å². The van der Waals surface area contributed by atoms with E-state index in [9.17, 15) is 24.0 Å². The minimum atomic E-state index is -0.992. The van der Waals surface area contributed by atoms with Crippen LogP contribution in [0.25, 0.3) is 0 Å². The lowest BCUT2D eigenvalue weighted by Gasteiger charge is -2.32. The van der Waals surface area contributed by atoms with Crippen LogP contribution in [0.2, 0.25) is 0 Å². The minimum absolute atomic E-state index is 0.0683. The normalized spacial score (nSPS) is 15.5. The van der Waals surface area contributed by atoms with E-state index in [1.54, 1.807) is 14.7 Å². The molecule has 0 unspecified atom stereocenters. The molecule has 0 spiro atoms. The predicted molar refractivity (Wildman–Crippen MR) is 176 cm³/mol. The maximum absolute atomic E-state index is 11.1. The van der Waals surface area contributed by atoms with E-state index in [1.807, 2.05) is 36.2 Å². The van der Waals surface area contributed by atoms with Crippen molar-refractivity contribution in [2.75, 3.05) is 92.1 Å². The molecule has 0 aliphatic carbocycles. The summed E-state index contributed by atoms with van der Waals surface area (Å²) in [7, 11) is 1.90. The number of rotatable bonds is 14. The molecule has 268 valence electrons. The zero-order valence-corrected chi connectivity index (χ0v) is 28.2. The van der Waals surface area contributed by atoms with Gasteiger partial charge in [0, 0.05) is 58.9 Å². The molecule has 0 bridgehead atoms. The number of hydrogen-bond donors (Lipinski definition) is 6. The monoisotopic (exact) mass is 669 g/mol. The number of aliphatic carboxylic acids is 3. The minimum Gasteiger partial charge on any atom is -0.480 e. The average Bonchev–Trinajstić information content (AvgIpc) is 2.98. The number of nitrogens with two attached hydrogens (primary N) is 1. The number of benzene rings is 1. The second-order valence-corrected chi connectivity index (χ2v) is 11.6. The van der Waals surface area contributed by atoms with E-state index in [4.69, 9.17) is 25.9 Å². The van der Waals surface area contributed by atoms with Crippen molar-refractivity contribution >= 4 is 30.1 Å². The van der Waals surface area contributed by atoms with Crippen molar-refractivity contribution in [2.24, 2.45) is 11.7 Å². The summed E-state index contributed by atoms with van der Waals surface area (Å²) in [5.74, 6) is -2.43. The summed E-state index contributed by atoms with van der Waals surface area (Å²) in [5, 5.41) is 30.3. The van der Waals surface area contributed by atoms with E-state index >= 15 is 0 Å². The molecule has 1 fully saturated rings. The van der Waals surface area contributed by atoms with Gasteiger partial charge in [-0.15, -0.1) is 0 Å². The first-order valence-electron chi connectivity index (χ1n) is 15.6. The Hall–Kier alpha value is -3.51. The lowest BCUT2D eigenvalue weighted by molar-refractivity contribution is -0.140. The van der Waals surface area contributed by atoms with Crippen molar-refractivity contribution in [2.45, 2.75) is 33.9 Å². The zero-order chi connectivity index (χ0) is 35.6. The van der Waals surface area contributed by atoms with Gasteiger partial charge in [0.1, 0.15) is 6.29 Å². The lowest BCUT2D eigenvalue weighted by atomic mass is 10.1. The van der Waals surface area contributed by atoms with Crippen LogP contribution in [-0.2, 0) is 42.0 Å². The molecule has 1 aromatic rings. The van der Waals surface area contributed by atoms with Gasteiger partial charge in [0.2, 0.25) is 0 Å². The molecule has 0 radical (unpaired) electrons. The molecule has 1 aliphatic heterocycles. The zero-order valence-electron chi connectivity index (χ0n) is 28.2. The van der Waals surface area contributed by atoms with Crippen molar-refractivity contribution in [3.8, 4) is 0 Å². The number of aldehydes is 1. The number of carbonyl (C=O) groups excluding carboxylic acids is 2. The van der Waals surface area contributed by atoms with Gasteiger partial charge in [-0.1, -0.05) is 45.0 Å². The highest BCUT2D eigenvalue weighted by molar-refractivity contribution is 5.76. The van der Waals surface area contributed by atoms with Gasteiger partial charge in [0.05, 0.1) is 39.3 Å². The lowest BCUT2D eigenvalue weighted by Crippen LogP contribution is -2.48. The number of nitrogens with zero attached hydrogens (tertiary/aromatic N) is 4. The Bertz CT molecular complexity index is 1010. The van der Waals surface area contributed by atoms with Crippen molar-refractivity contribution in [3.63, 3.8) is 0 Å². The van der Waals surface area contributed by atoms with Crippen LogP contribution in [0.5, 0.6) is 0 Å². The Morgan fingerprint density at radius 3 is 1.45 bits per heavy atom. The molecule has 0 saturated carbocycles. The first-order valence-corrected chi connectivity index (χ1v) is 15.6. The van der Waals surface area contributed by atoms with E-state index in [2.05, 4.69) is 31.6 Å². The summed E-state index contributed by atoms with van der Waals surface area (Å²) in [6, 6.07) is 7.95. The van der Waals surface area contributed by atoms with Gasteiger partial charge < -0.3 is 31.2 Å². The number of carboxylic acid groups (broad SMARTS) is 3. The molecular formula is C31H55N7O9. The Balaban J connectivity index is 0.000000891. The summed E-state index contributed by atoms with van der Waals surface area (Å²) in [6.45, 7) is 10.5. The van der Waals surface area contributed by atoms with Crippen molar-refractivity contribution in [1.82, 2.24) is 30.4 Å². The highest BCUT2D eigenvalue weighted by atomic mass is 16.6. The van der Waals surface area contributed by atoms with Crippen molar-refractivity contribution in [1.29, 1.82) is 0 Å². The third kappa shape index (κ3) is 25.3. The number of nitrogens with one attached hydrogen (secondary N) is 2. The average molecular weight is 670 g/mol. The molecule has 1 heterocycles. The fraction of sp³-hybridized carbons (Fsp3) is 0.645. The number of amides is 1. The Morgan fingerprint density at radius 2 is 1.13 bits per heavy atom. The number of carbonyl (C=O) groups is 5. The Labute approximate surface area is 277 Å². The maximum atomic E-state index is 11.1. The summed E-state index contributed by atoms with van der Waals surface area (Å²) in [5.41, 5.74) is 9.55. The summed E-state index contributed by atoms with van der Waals surface area (Å²) >= 11 is 0. The number of hydroxylamine groups is 1. The fourth-order valence-corrected chi connectivity index (χ4v) is 4.11. The Morgan fingerprint density at radius 1 is 0.766 bits per heavy atom. The summed E-state index contributed by atoms with van der Waals surface area (Å²) in [6.07, 6.45) is 0.767. The molecule has 16 heteroatoms. The summed E-state index contributed by atoms with van der Waals surface area (Å²) < 4.78 is 0. The van der Waals surface area contributed by atoms with Crippen LogP contribution in [-0.4, -0.2) is 157 Å². The first-order chi connectivity index (χ1) is 22.3. The van der Waals surface area contributed by atoms with Crippen LogP contribution in [0, 0.1) is 5.92 Å². The third-order valence-electron chi connectivity index (χ3n) is 6.35. The Kier molecular flexibility index (Phi) is 24.6. The number of hydrogen-bond acceptors (Lipinski definition) is 12. The van der Waals surface area contributed by atoms with E-state index in [0.717, 1.165) is 24.3 Å². The van der Waals surface area contributed by atoms with E-state index in [-0.39, 0.29) is 38.6 Å². The standard InChI is InChI=1S/C16H28N4O7.C11H17N3O2.C4H10/c21-10-9-17-1-3-18(11-14(22)23)5-7-20(13-16(26)27)8-6-19(4-2-17)12-15(24)25;1-13-7-9-2-4-10(5-3-9)8-16-14-11(15)6-12;1-4(2)3/h10H,1-9,11-13H2,(H,22,23)(H,24,25)(H,26,27);2-5,13H,6-8,12H2,1H3,(H,14,15);4H,1-3H3. The second kappa shape index (κ2) is 26.5. The van der Waals surface area contributed by atoms with Crippen LogP contribution in [0.15, 0.2) is 24.3 Å². The molecular weight excluding hydrogens is 614 g/mol. The molecule has 47 heavy (non-hydrogen) atoms. The van der Waals surface area contributed by atoms with Crippen molar-refractivity contribution < 1.29 is 44.1 Å². The molecule has 0 aromatic heterocycles. The van der Waals surface area contributed by atoms with Crippen LogP contribution < -0.4 is 16.5 Å². The van der Waals surface area contributed by atoms with Crippen LogP contribution >= 0.6 is 0 Å². The molecule has 1 saturated heterocycles. The molecule has 1 aromatic carbocycles. The van der Waals surface area contributed by atoms with E-state index < -0.39 is 17.9 Å². The van der Waals surface area contributed by atoms with Gasteiger partial charge in [-0.3, -0.25) is 43.6 Å². The molecule has 1 aliphatic rings. The van der Waals surface area contributed by atoms with Gasteiger partial charge in [-0.25, -0.2) is 5.48 Å². The van der Waals surface area contributed by atoms with Gasteiger partial charge in [0.25, 0.3) is 5.91 Å². The topological polar surface area (TPSA) is 218 Å². The molecule has 2 rings (SSSR count). The SMILES string of the molecule is CC(C)C.CNCc1ccc(CONC(=O)CN)cc1.O=CCN1CCN(CC(=O)O)CCN(CC(=O)O)CCN(CC(=O)O)CC1. The maximum Gasteiger partial charge on any atom is 0.317 e.